The number of amides is 1. The van der Waals surface area contributed by atoms with Crippen LogP contribution in [-0.2, 0) is 4.74 Å². The molecule has 158 valence electrons. The Hall–Kier alpha value is -3.00. The van der Waals surface area contributed by atoms with Gasteiger partial charge in [0.25, 0.3) is 0 Å². The topological polar surface area (TPSA) is 74.3 Å². The Kier molecular flexibility index (Phi) is 5.42. The van der Waals surface area contributed by atoms with Crippen LogP contribution in [0.25, 0.3) is 22.2 Å². The molecule has 1 aliphatic rings. The number of aliphatic hydroxyl groups is 1. The molecule has 0 unspecified atom stereocenters. The molecule has 1 fully saturated rings. The highest BCUT2D eigenvalue weighted by Gasteiger charge is 2.37. The lowest BCUT2D eigenvalue weighted by atomic mass is 9.75. The molecule has 1 aliphatic carbocycles. The normalized spacial score (nSPS) is 19.4. The second-order valence-electron chi connectivity index (χ2n) is 7.65. The number of aromatic nitrogens is 1. The number of nitrogens with one attached hydrogen (secondary N) is 2. The van der Waals surface area contributed by atoms with Gasteiger partial charge in [0.15, 0.2) is 0 Å². The summed E-state index contributed by atoms with van der Waals surface area (Å²) >= 11 is 0. The van der Waals surface area contributed by atoms with Gasteiger partial charge in [-0.05, 0) is 67.1 Å². The van der Waals surface area contributed by atoms with Crippen molar-refractivity contribution in [3.8, 4) is 11.3 Å². The van der Waals surface area contributed by atoms with E-state index in [-0.39, 0.29) is 24.1 Å². The number of carbonyl (C=O) groups is 1. The number of alkyl carbamates (subject to hydrolysis) is 1. The lowest BCUT2D eigenvalue weighted by Gasteiger charge is -2.35. The standard InChI is InChI=1S/C22H21F3N2O3/c1-11(10-28)26-22(29)30-16-6-13(7-16)19-17-8-15(24)9-18(25)21(17)27-20(19)12-2-4-14(23)5-3-12/h2-5,8-9,11,13,16,27-28H,6-7,10H2,1H3,(H,26,29)/t11-,13-,16-/m1/s1. The molecule has 1 saturated carbocycles. The number of hydrogen-bond donors (Lipinski definition) is 3. The Morgan fingerprint density at radius 3 is 2.57 bits per heavy atom. The second-order valence-corrected chi connectivity index (χ2v) is 7.65. The molecule has 3 N–H and O–H groups in total. The number of H-pyrrole nitrogens is 1. The highest BCUT2D eigenvalue weighted by atomic mass is 19.1. The van der Waals surface area contributed by atoms with E-state index in [1.165, 1.54) is 18.2 Å². The first-order valence-electron chi connectivity index (χ1n) is 9.70. The fraction of sp³-hybridized carbons (Fsp3) is 0.318. The maximum absolute atomic E-state index is 14.4. The molecule has 1 heterocycles. The number of ether oxygens (including phenoxy) is 1. The van der Waals surface area contributed by atoms with E-state index in [1.807, 2.05) is 0 Å². The van der Waals surface area contributed by atoms with Gasteiger partial charge in [0.2, 0.25) is 0 Å². The number of aliphatic hydroxyl groups excluding tert-OH is 1. The summed E-state index contributed by atoms with van der Waals surface area (Å²) in [5.41, 5.74) is 2.15. The maximum Gasteiger partial charge on any atom is 0.407 e. The Balaban J connectivity index is 1.63. The van der Waals surface area contributed by atoms with Gasteiger partial charge < -0.3 is 20.1 Å². The highest BCUT2D eigenvalue weighted by Crippen LogP contribution is 2.46. The Morgan fingerprint density at radius 2 is 1.90 bits per heavy atom. The number of carbonyl (C=O) groups excluding carboxylic acids is 1. The lowest BCUT2D eigenvalue weighted by Crippen LogP contribution is -2.40. The predicted octanol–water partition coefficient (Wildman–Crippen LogP) is 4.61. The van der Waals surface area contributed by atoms with Crippen LogP contribution in [-0.4, -0.2) is 34.9 Å². The van der Waals surface area contributed by atoms with E-state index in [9.17, 15) is 18.0 Å². The quantitative estimate of drug-likeness (QED) is 0.567. The zero-order valence-electron chi connectivity index (χ0n) is 16.2. The molecule has 2 aromatic carbocycles. The number of hydrogen-bond acceptors (Lipinski definition) is 3. The molecular weight excluding hydrogens is 397 g/mol. The van der Waals surface area contributed by atoms with E-state index >= 15 is 0 Å². The zero-order valence-corrected chi connectivity index (χ0v) is 16.2. The number of rotatable bonds is 5. The summed E-state index contributed by atoms with van der Waals surface area (Å²) in [5.74, 6) is -1.87. The van der Waals surface area contributed by atoms with Crippen LogP contribution in [0.15, 0.2) is 36.4 Å². The van der Waals surface area contributed by atoms with Gasteiger partial charge in [0.05, 0.1) is 23.9 Å². The monoisotopic (exact) mass is 418 g/mol. The summed E-state index contributed by atoms with van der Waals surface area (Å²) in [6.07, 6.45) is 0.0144. The summed E-state index contributed by atoms with van der Waals surface area (Å²) in [7, 11) is 0. The second kappa shape index (κ2) is 8.02. The minimum Gasteiger partial charge on any atom is -0.446 e. The van der Waals surface area contributed by atoms with Crippen molar-refractivity contribution in [3.05, 3.63) is 59.4 Å². The minimum atomic E-state index is -0.705. The Morgan fingerprint density at radius 1 is 1.20 bits per heavy atom. The Bertz CT molecular complexity index is 1080. The molecule has 1 atom stereocenters. The van der Waals surface area contributed by atoms with Gasteiger partial charge in [-0.2, -0.15) is 0 Å². The first kappa shape index (κ1) is 20.3. The first-order chi connectivity index (χ1) is 14.4. The van der Waals surface area contributed by atoms with E-state index < -0.39 is 29.6 Å². The molecule has 5 nitrogen and oxygen atoms in total. The third-order valence-corrected chi connectivity index (χ3v) is 5.41. The average molecular weight is 418 g/mol. The molecule has 0 aliphatic heterocycles. The SMILES string of the molecule is C[C@H](CO)NC(=O)O[C@H]1C[C@H](c2c(-c3ccc(F)cc3)[nH]c3c(F)cc(F)cc32)C1. The van der Waals surface area contributed by atoms with Gasteiger partial charge in [0, 0.05) is 11.5 Å². The number of fused-ring (bicyclic) bond motifs is 1. The van der Waals surface area contributed by atoms with E-state index in [0.717, 1.165) is 11.6 Å². The minimum absolute atomic E-state index is 0.0898. The van der Waals surface area contributed by atoms with Gasteiger partial charge in [-0.15, -0.1) is 0 Å². The van der Waals surface area contributed by atoms with Crippen LogP contribution in [0.2, 0.25) is 0 Å². The van der Waals surface area contributed by atoms with Crippen LogP contribution in [0.5, 0.6) is 0 Å². The number of aromatic amines is 1. The smallest absolute Gasteiger partial charge is 0.407 e. The third kappa shape index (κ3) is 3.87. The van der Waals surface area contributed by atoms with Crippen LogP contribution >= 0.6 is 0 Å². The van der Waals surface area contributed by atoms with Crippen LogP contribution in [0.1, 0.15) is 31.2 Å². The van der Waals surface area contributed by atoms with Crippen molar-refractivity contribution in [2.24, 2.45) is 0 Å². The molecule has 0 saturated heterocycles. The van der Waals surface area contributed by atoms with Gasteiger partial charge in [-0.1, -0.05) is 0 Å². The molecule has 0 radical (unpaired) electrons. The number of benzene rings is 2. The molecule has 1 amide bonds. The van der Waals surface area contributed by atoms with Crippen molar-refractivity contribution in [1.82, 2.24) is 10.3 Å². The van der Waals surface area contributed by atoms with E-state index in [4.69, 9.17) is 9.84 Å². The van der Waals surface area contributed by atoms with E-state index in [2.05, 4.69) is 10.3 Å². The highest BCUT2D eigenvalue weighted by molar-refractivity contribution is 5.92. The third-order valence-electron chi connectivity index (χ3n) is 5.41. The summed E-state index contributed by atoms with van der Waals surface area (Å²) in [6, 6.07) is 7.44. The van der Waals surface area contributed by atoms with E-state index in [1.54, 1.807) is 19.1 Å². The van der Waals surface area contributed by atoms with Crippen LogP contribution in [0, 0.1) is 17.5 Å². The molecule has 0 spiro atoms. The average Bonchev–Trinajstić information content (AvgIpc) is 3.04. The molecule has 4 rings (SSSR count). The predicted molar refractivity (Wildman–Crippen MR) is 106 cm³/mol. The molecule has 3 aromatic rings. The molecule has 0 bridgehead atoms. The van der Waals surface area contributed by atoms with Crippen LogP contribution < -0.4 is 5.32 Å². The molecule has 1 aromatic heterocycles. The van der Waals surface area contributed by atoms with Crippen molar-refractivity contribution < 1.29 is 27.8 Å². The van der Waals surface area contributed by atoms with Gasteiger partial charge in [-0.3, -0.25) is 0 Å². The largest absolute Gasteiger partial charge is 0.446 e. The fourth-order valence-corrected chi connectivity index (χ4v) is 3.84. The maximum atomic E-state index is 14.4. The van der Waals surface area contributed by atoms with Crippen LogP contribution in [0.3, 0.4) is 0 Å². The van der Waals surface area contributed by atoms with Crippen molar-refractivity contribution in [2.75, 3.05) is 6.61 Å². The molecular formula is C22H21F3N2O3. The summed E-state index contributed by atoms with van der Waals surface area (Å²) < 4.78 is 47.0. The molecule has 30 heavy (non-hydrogen) atoms. The summed E-state index contributed by atoms with van der Waals surface area (Å²) in [4.78, 5) is 14.9. The van der Waals surface area contributed by atoms with Gasteiger partial charge in [0.1, 0.15) is 23.6 Å². The van der Waals surface area contributed by atoms with Crippen molar-refractivity contribution >= 4 is 17.0 Å². The van der Waals surface area contributed by atoms with Crippen molar-refractivity contribution in [1.29, 1.82) is 0 Å². The number of halogens is 3. The summed E-state index contributed by atoms with van der Waals surface area (Å²) in [6.45, 7) is 1.45. The molecule has 8 heteroatoms. The first-order valence-corrected chi connectivity index (χ1v) is 9.70. The van der Waals surface area contributed by atoms with Crippen molar-refractivity contribution in [2.45, 2.75) is 37.8 Å². The Labute approximate surface area is 170 Å². The zero-order chi connectivity index (χ0) is 21.4. The fourth-order valence-electron chi connectivity index (χ4n) is 3.84. The lowest BCUT2D eigenvalue weighted by molar-refractivity contribution is 0.0370. The van der Waals surface area contributed by atoms with E-state index in [0.29, 0.717) is 29.5 Å². The van der Waals surface area contributed by atoms with Gasteiger partial charge in [-0.25, -0.2) is 18.0 Å². The summed E-state index contributed by atoms with van der Waals surface area (Å²) in [5, 5.41) is 11.9. The van der Waals surface area contributed by atoms with Crippen molar-refractivity contribution in [3.63, 3.8) is 0 Å². The van der Waals surface area contributed by atoms with Crippen LogP contribution in [0.4, 0.5) is 18.0 Å². The van der Waals surface area contributed by atoms with Gasteiger partial charge >= 0.3 is 6.09 Å².